The van der Waals surface area contributed by atoms with E-state index in [9.17, 15) is 4.79 Å². The summed E-state index contributed by atoms with van der Waals surface area (Å²) in [5, 5.41) is 4.05. The van der Waals surface area contributed by atoms with Gasteiger partial charge >= 0.3 is 0 Å². The largest absolute Gasteiger partial charge is 0.386 e. The van der Waals surface area contributed by atoms with Gasteiger partial charge in [0.2, 0.25) is 0 Å². The molecule has 0 aliphatic heterocycles. The molecule has 2 aliphatic carbocycles. The normalized spacial score (nSPS) is 31.9. The molecule has 0 heterocycles. The van der Waals surface area contributed by atoms with Gasteiger partial charge in [0.1, 0.15) is 0 Å². The summed E-state index contributed by atoms with van der Waals surface area (Å²) in [6, 6.07) is 7.79. The van der Waals surface area contributed by atoms with Gasteiger partial charge in [-0.3, -0.25) is 4.79 Å². The molecule has 3 rings (SSSR count). The summed E-state index contributed by atoms with van der Waals surface area (Å²) in [7, 11) is 0. The van der Waals surface area contributed by atoms with Crippen LogP contribution in [0.5, 0.6) is 0 Å². The number of benzene rings is 1. The Morgan fingerprint density at radius 2 is 2.05 bits per heavy atom. The van der Waals surface area contributed by atoms with Gasteiger partial charge in [0.25, 0.3) is 0 Å². The summed E-state index contributed by atoms with van der Waals surface area (Å²) in [5.41, 5.74) is 1.91. The van der Waals surface area contributed by atoms with Gasteiger partial charge in [-0.05, 0) is 35.8 Å². The first-order chi connectivity index (χ1) is 9.88. The van der Waals surface area contributed by atoms with Crippen LogP contribution >= 0.6 is 11.6 Å². The first kappa shape index (κ1) is 14.6. The quantitative estimate of drug-likeness (QED) is 0.842. The molecule has 112 valence electrons. The highest BCUT2D eigenvalue weighted by Crippen LogP contribution is 2.65. The minimum atomic E-state index is -0.185. The number of allylic oxidation sites excluding steroid dienone is 1. The van der Waals surface area contributed by atoms with Crippen LogP contribution in [0.15, 0.2) is 36.0 Å². The van der Waals surface area contributed by atoms with Gasteiger partial charge in [0, 0.05) is 28.8 Å². The van der Waals surface area contributed by atoms with Crippen LogP contribution in [0.2, 0.25) is 5.02 Å². The molecule has 3 heteroatoms. The molecule has 0 saturated heterocycles. The number of ketones is 1. The first-order valence-corrected chi connectivity index (χ1v) is 7.97. The predicted octanol–water partition coefficient (Wildman–Crippen LogP) is 4.34. The van der Waals surface area contributed by atoms with E-state index in [4.69, 9.17) is 11.6 Å². The second-order valence-corrected chi connectivity index (χ2v) is 7.45. The standard InChI is InChI=1S/C18H22ClNO/c1-17(2)14-8-9-18(17,3)16(21)13(14)11-20-10-12-6-4-5-7-15(12)19/h4-7,11,14,20H,8-10H2,1-3H3/b13-11-. The summed E-state index contributed by atoms with van der Waals surface area (Å²) in [6.07, 6.45) is 4.07. The second-order valence-electron chi connectivity index (χ2n) is 7.05. The molecule has 0 radical (unpaired) electrons. The number of carbonyl (C=O) groups excluding carboxylic acids is 1. The van der Waals surface area contributed by atoms with Crippen molar-refractivity contribution in [1.82, 2.24) is 5.32 Å². The SMILES string of the molecule is CC12CCC(/C(=C/NCc3ccccc3Cl)C1=O)C2(C)C. The van der Waals surface area contributed by atoms with Crippen molar-refractivity contribution in [3.63, 3.8) is 0 Å². The van der Waals surface area contributed by atoms with Gasteiger partial charge in [-0.25, -0.2) is 0 Å². The third-order valence-electron chi connectivity index (χ3n) is 5.87. The molecule has 1 aromatic rings. The lowest BCUT2D eigenvalue weighted by atomic mass is 9.70. The number of nitrogens with one attached hydrogen (secondary N) is 1. The molecule has 21 heavy (non-hydrogen) atoms. The molecule has 1 N–H and O–H groups in total. The maximum absolute atomic E-state index is 12.7. The first-order valence-electron chi connectivity index (χ1n) is 7.59. The van der Waals surface area contributed by atoms with E-state index in [1.54, 1.807) is 0 Å². The van der Waals surface area contributed by atoms with E-state index in [0.29, 0.717) is 18.2 Å². The molecule has 2 unspecified atom stereocenters. The van der Waals surface area contributed by atoms with Gasteiger partial charge in [-0.1, -0.05) is 50.6 Å². The Hall–Kier alpha value is -1.28. The highest BCUT2D eigenvalue weighted by Gasteiger charge is 2.63. The topological polar surface area (TPSA) is 29.1 Å². The minimum Gasteiger partial charge on any atom is -0.386 e. The Morgan fingerprint density at radius 1 is 1.33 bits per heavy atom. The number of rotatable bonds is 3. The smallest absolute Gasteiger partial charge is 0.167 e. The van der Waals surface area contributed by atoms with Gasteiger partial charge in [-0.2, -0.15) is 0 Å². The monoisotopic (exact) mass is 303 g/mol. The summed E-state index contributed by atoms with van der Waals surface area (Å²) in [6.45, 7) is 7.25. The average Bonchev–Trinajstić information content (AvgIpc) is 2.75. The van der Waals surface area contributed by atoms with E-state index in [2.05, 4.69) is 26.1 Å². The van der Waals surface area contributed by atoms with Crippen molar-refractivity contribution < 1.29 is 4.79 Å². The van der Waals surface area contributed by atoms with Crippen molar-refractivity contribution in [3.8, 4) is 0 Å². The zero-order chi connectivity index (χ0) is 15.3. The summed E-state index contributed by atoms with van der Waals surface area (Å²) in [5.74, 6) is 0.712. The average molecular weight is 304 g/mol. The van der Waals surface area contributed by atoms with Crippen molar-refractivity contribution >= 4 is 17.4 Å². The molecule has 0 spiro atoms. The molecule has 2 aliphatic rings. The zero-order valence-corrected chi connectivity index (χ0v) is 13.6. The van der Waals surface area contributed by atoms with E-state index >= 15 is 0 Å². The van der Waals surface area contributed by atoms with Crippen LogP contribution in [0.4, 0.5) is 0 Å². The van der Waals surface area contributed by atoms with Gasteiger partial charge in [0.05, 0.1) is 0 Å². The van der Waals surface area contributed by atoms with E-state index in [1.165, 1.54) is 0 Å². The number of carbonyl (C=O) groups is 1. The second kappa shape index (κ2) is 4.88. The van der Waals surface area contributed by atoms with E-state index in [1.807, 2.05) is 30.5 Å². The van der Waals surface area contributed by atoms with E-state index < -0.39 is 0 Å². The molecule has 2 atom stereocenters. The van der Waals surface area contributed by atoms with Crippen molar-refractivity contribution in [2.24, 2.45) is 16.7 Å². The van der Waals surface area contributed by atoms with Gasteiger partial charge in [0.15, 0.2) is 5.78 Å². The van der Waals surface area contributed by atoms with Crippen molar-refractivity contribution in [3.05, 3.63) is 46.6 Å². The molecule has 2 nitrogen and oxygen atoms in total. The summed E-state index contributed by atoms with van der Waals surface area (Å²) >= 11 is 6.15. The third-order valence-corrected chi connectivity index (χ3v) is 6.24. The fourth-order valence-corrected chi connectivity index (χ4v) is 4.21. The lowest BCUT2D eigenvalue weighted by Crippen LogP contribution is -2.32. The molecule has 0 amide bonds. The van der Waals surface area contributed by atoms with Gasteiger partial charge < -0.3 is 5.32 Å². The lowest BCUT2D eigenvalue weighted by molar-refractivity contribution is -0.125. The van der Waals surface area contributed by atoms with Crippen LogP contribution < -0.4 is 5.32 Å². The highest BCUT2D eigenvalue weighted by atomic mass is 35.5. The predicted molar refractivity (Wildman–Crippen MR) is 86.0 cm³/mol. The summed E-state index contributed by atoms with van der Waals surface area (Å²) < 4.78 is 0. The molecule has 2 bridgehead atoms. The number of hydrogen-bond donors (Lipinski definition) is 1. The molecular formula is C18H22ClNO. The fraction of sp³-hybridized carbons (Fsp3) is 0.500. The maximum atomic E-state index is 12.7. The molecule has 2 fully saturated rings. The Labute approximate surface area is 131 Å². The van der Waals surface area contributed by atoms with Crippen LogP contribution in [-0.2, 0) is 11.3 Å². The number of hydrogen-bond acceptors (Lipinski definition) is 2. The van der Waals surface area contributed by atoms with Crippen LogP contribution in [0.3, 0.4) is 0 Å². The molecule has 0 aromatic heterocycles. The van der Waals surface area contributed by atoms with Crippen molar-refractivity contribution in [1.29, 1.82) is 0 Å². The zero-order valence-electron chi connectivity index (χ0n) is 12.9. The number of halogens is 1. The van der Waals surface area contributed by atoms with Crippen molar-refractivity contribution in [2.75, 3.05) is 0 Å². The van der Waals surface area contributed by atoms with Crippen LogP contribution in [0.25, 0.3) is 0 Å². The van der Waals surface area contributed by atoms with Crippen LogP contribution in [0, 0.1) is 16.7 Å². The lowest BCUT2D eigenvalue weighted by Gasteiger charge is -2.31. The van der Waals surface area contributed by atoms with Gasteiger partial charge in [-0.15, -0.1) is 0 Å². The molecule has 2 saturated carbocycles. The summed E-state index contributed by atoms with van der Waals surface area (Å²) in [4.78, 5) is 12.7. The fourth-order valence-electron chi connectivity index (χ4n) is 4.01. The number of fused-ring (bicyclic) bond motifs is 2. The Balaban J connectivity index is 1.77. The highest BCUT2D eigenvalue weighted by molar-refractivity contribution is 6.31. The van der Waals surface area contributed by atoms with Crippen LogP contribution in [-0.4, -0.2) is 5.78 Å². The molecule has 1 aromatic carbocycles. The Kier molecular flexibility index (Phi) is 3.40. The Morgan fingerprint density at radius 3 is 2.67 bits per heavy atom. The van der Waals surface area contributed by atoms with E-state index in [0.717, 1.165) is 29.0 Å². The number of Topliss-reactive ketones (excluding diaryl/α,β-unsaturated/α-hetero) is 1. The minimum absolute atomic E-state index is 0.0714. The van der Waals surface area contributed by atoms with E-state index in [-0.39, 0.29) is 10.8 Å². The maximum Gasteiger partial charge on any atom is 0.167 e. The Bertz CT molecular complexity index is 619. The third kappa shape index (κ3) is 2.03. The van der Waals surface area contributed by atoms with Crippen molar-refractivity contribution in [2.45, 2.75) is 40.2 Å². The molecular weight excluding hydrogens is 282 g/mol. The van der Waals surface area contributed by atoms with Crippen LogP contribution in [0.1, 0.15) is 39.2 Å².